The van der Waals surface area contributed by atoms with E-state index >= 15 is 0 Å². The number of alkyl carbamates (subject to hydrolysis) is 2. The normalized spacial score (nSPS) is 11.2. The van der Waals surface area contributed by atoms with Gasteiger partial charge in [0, 0.05) is 30.5 Å². The van der Waals surface area contributed by atoms with Crippen LogP contribution in [0, 0.1) is 0 Å². The molecule has 2 amide bonds. The minimum Gasteiger partial charge on any atom is -0.438 e. The molecule has 0 unspecified atom stereocenters. The van der Waals surface area contributed by atoms with E-state index < -0.39 is 12.2 Å². The minimum absolute atomic E-state index is 0.0186. The first-order chi connectivity index (χ1) is 22.2. The van der Waals surface area contributed by atoms with Crippen LogP contribution >= 0.6 is 129 Å². The minimum atomic E-state index is -0.488. The molecule has 264 valence electrons. The molecule has 0 saturated carbocycles. The predicted octanol–water partition coefficient (Wildman–Crippen LogP) is 5.76. The van der Waals surface area contributed by atoms with Gasteiger partial charge in [-0.3, -0.25) is 0 Å². The molecule has 0 fully saturated rings. The Bertz CT molecular complexity index is 730. The van der Waals surface area contributed by atoms with E-state index in [1.54, 1.807) is 94.1 Å². The summed E-state index contributed by atoms with van der Waals surface area (Å²) >= 11 is 17.0. The van der Waals surface area contributed by atoms with Gasteiger partial charge in [-0.1, -0.05) is 11.8 Å². The topological polar surface area (TPSA) is 179 Å². The van der Waals surface area contributed by atoms with Gasteiger partial charge < -0.3 is 40.1 Å². The molecule has 0 spiro atoms. The molecule has 45 heavy (non-hydrogen) atoms. The zero-order valence-corrected chi connectivity index (χ0v) is 33.0. The van der Waals surface area contributed by atoms with E-state index in [0.29, 0.717) is 35.4 Å². The summed E-state index contributed by atoms with van der Waals surface area (Å²) in [7, 11) is 0. The molecular formula is C20H38N4O10S11. The number of carbonyl (C=O) groups excluding carboxylic acids is 2. The highest BCUT2D eigenvalue weighted by molar-refractivity contribution is 8.23. The Balaban J connectivity index is 3.25. The third kappa shape index (κ3) is 41.3. The van der Waals surface area contributed by atoms with Gasteiger partial charge in [-0.05, 0) is 0 Å². The van der Waals surface area contributed by atoms with Crippen LogP contribution in [0.1, 0.15) is 0 Å². The van der Waals surface area contributed by atoms with E-state index in [9.17, 15) is 9.59 Å². The maximum Gasteiger partial charge on any atom is 0.408 e. The van der Waals surface area contributed by atoms with Crippen LogP contribution in [0.3, 0.4) is 0 Å². The van der Waals surface area contributed by atoms with Crippen LogP contribution in [0.4, 0.5) is 9.59 Å². The molecule has 0 aromatic carbocycles. The average molecular weight is 847 g/mol. The fourth-order valence-electron chi connectivity index (χ4n) is 1.68. The molecule has 0 aliphatic rings. The lowest BCUT2D eigenvalue weighted by Crippen LogP contribution is -2.23. The number of aliphatic hydroxyl groups is 2. The van der Waals surface area contributed by atoms with Crippen LogP contribution in [-0.2, 0) is 29.0 Å². The molecule has 14 nitrogen and oxygen atoms in total. The number of ether oxygens (including phenoxy) is 2. The Morgan fingerprint density at radius 2 is 0.933 bits per heavy atom. The number of hydrogen-bond donors (Lipinski definition) is 4. The van der Waals surface area contributed by atoms with Gasteiger partial charge in [-0.2, -0.15) is 9.78 Å². The Morgan fingerprint density at radius 3 is 1.44 bits per heavy atom. The second-order valence-corrected chi connectivity index (χ2v) is 19.2. The highest BCUT2D eigenvalue weighted by Crippen LogP contribution is 2.19. The molecule has 4 N–H and O–H groups in total. The number of nitrogens with one attached hydrogen (secondary N) is 2. The van der Waals surface area contributed by atoms with E-state index in [1.165, 1.54) is 36.3 Å². The van der Waals surface area contributed by atoms with Crippen molar-refractivity contribution < 1.29 is 48.8 Å². The van der Waals surface area contributed by atoms with E-state index in [2.05, 4.69) is 20.6 Å². The summed E-state index contributed by atoms with van der Waals surface area (Å²) in [6.07, 6.45) is 1.61. The number of aliphatic imine (C=N–C) groups is 2. The summed E-state index contributed by atoms with van der Waals surface area (Å²) in [4.78, 5) is 50.4. The summed E-state index contributed by atoms with van der Waals surface area (Å²) in [6.45, 7) is 0. The Hall–Kier alpha value is 1.17. The first-order valence-electron chi connectivity index (χ1n) is 12.1. The molecule has 0 bridgehead atoms. The van der Waals surface area contributed by atoms with Gasteiger partial charge in [-0.25, -0.2) is 19.6 Å². The van der Waals surface area contributed by atoms with Gasteiger partial charge >= 0.3 is 12.2 Å². The smallest absolute Gasteiger partial charge is 0.408 e. The Morgan fingerprint density at radius 1 is 0.533 bits per heavy atom. The average Bonchev–Trinajstić information content (AvgIpc) is 3.04. The van der Waals surface area contributed by atoms with Crippen molar-refractivity contribution in [2.45, 2.75) is 0 Å². The van der Waals surface area contributed by atoms with Gasteiger partial charge in [0.05, 0.1) is 35.4 Å². The van der Waals surface area contributed by atoms with Gasteiger partial charge in [0.1, 0.15) is 23.8 Å². The molecule has 0 aliphatic carbocycles. The largest absolute Gasteiger partial charge is 0.438 e. The van der Waals surface area contributed by atoms with E-state index in [4.69, 9.17) is 39.2 Å². The third-order valence-corrected chi connectivity index (χ3v) is 14.2. The fourth-order valence-corrected chi connectivity index (χ4v) is 10.5. The van der Waals surface area contributed by atoms with E-state index in [-0.39, 0.29) is 23.8 Å². The number of rotatable bonds is 34. The van der Waals surface area contributed by atoms with Crippen molar-refractivity contribution >= 4 is 154 Å². The highest BCUT2D eigenvalue weighted by Gasteiger charge is 2.02. The first-order valence-corrected chi connectivity index (χ1v) is 24.8. The molecule has 0 atom stereocenters. The third-order valence-electron chi connectivity index (χ3n) is 3.33. The number of carbonyl (C=O) groups is 2. The van der Waals surface area contributed by atoms with Gasteiger partial charge in [-0.15, -0.1) is 118 Å². The number of nitrogens with zero attached hydrogens (tertiary/aromatic N) is 2. The van der Waals surface area contributed by atoms with Crippen molar-refractivity contribution in [2.75, 3.05) is 89.6 Å². The number of amides is 2. The van der Waals surface area contributed by atoms with E-state index in [1.807, 2.05) is 0 Å². The van der Waals surface area contributed by atoms with Crippen molar-refractivity contribution in [1.29, 1.82) is 0 Å². The Kier molecular flexibility index (Phi) is 42.4. The summed E-state index contributed by atoms with van der Waals surface area (Å²) in [5, 5.41) is 27.5. The lowest BCUT2D eigenvalue weighted by atomic mass is 11.1. The standard InChI is InChI=1S/C20H38N4O10S11/c25-7-39-9-29-19(27)23-5-37-15-43-14-36-4-22-2-32-34-12-42-18-45-17-41-10-30-20(28)24-6-38-16-44-13-35-3-21-1-31-33-11-40-8-26/h1-2,25-26H,3-18H2,(H,23,27)(H,24,28)/b21-1+,22-2-. The molecule has 0 saturated heterocycles. The monoisotopic (exact) mass is 846 g/mol. The number of thioether (sulfide) groups is 11. The van der Waals surface area contributed by atoms with Crippen molar-refractivity contribution in [2.24, 2.45) is 9.98 Å². The first kappa shape index (κ1) is 46.2. The summed E-state index contributed by atoms with van der Waals surface area (Å²) in [5.41, 5.74) is 0. The van der Waals surface area contributed by atoms with Crippen molar-refractivity contribution in [3.05, 3.63) is 0 Å². The molecular weight excluding hydrogens is 809 g/mol. The molecule has 0 rings (SSSR count). The molecule has 0 radical (unpaired) electrons. The lowest BCUT2D eigenvalue weighted by molar-refractivity contribution is -0.196. The van der Waals surface area contributed by atoms with Crippen LogP contribution in [-0.4, -0.2) is 125 Å². The van der Waals surface area contributed by atoms with Gasteiger partial charge in [0.2, 0.25) is 12.8 Å². The van der Waals surface area contributed by atoms with Crippen LogP contribution in [0.5, 0.6) is 0 Å². The zero-order valence-electron chi connectivity index (χ0n) is 24.0. The van der Waals surface area contributed by atoms with Gasteiger partial charge in [0.25, 0.3) is 0 Å². The fraction of sp³-hybridized carbons (Fsp3) is 0.800. The lowest BCUT2D eigenvalue weighted by Gasteiger charge is -2.06. The zero-order chi connectivity index (χ0) is 32.7. The van der Waals surface area contributed by atoms with Crippen LogP contribution in [0.25, 0.3) is 0 Å². The summed E-state index contributed by atoms with van der Waals surface area (Å²) in [5.74, 6) is 3.02. The maximum absolute atomic E-state index is 11.7. The van der Waals surface area contributed by atoms with E-state index in [0.717, 1.165) is 42.3 Å². The molecule has 0 aromatic heterocycles. The molecule has 0 heterocycles. The number of hydrogen-bond acceptors (Lipinski definition) is 23. The second kappa shape index (κ2) is 41.3. The SMILES string of the molecule is O=C(NCSCSCSC/N=C\OOCSCSCSCOC(=O)NCSCSCSC/N=C/OOCSCO)OCSCO. The van der Waals surface area contributed by atoms with Crippen molar-refractivity contribution in [1.82, 2.24) is 10.6 Å². The van der Waals surface area contributed by atoms with Crippen molar-refractivity contribution in [3.63, 3.8) is 0 Å². The molecule has 25 heteroatoms. The van der Waals surface area contributed by atoms with Gasteiger partial charge in [0.15, 0.2) is 0 Å². The van der Waals surface area contributed by atoms with Crippen LogP contribution in [0.2, 0.25) is 0 Å². The summed E-state index contributed by atoms with van der Waals surface area (Å²) in [6, 6.07) is 0. The van der Waals surface area contributed by atoms with Crippen LogP contribution < -0.4 is 10.6 Å². The highest BCUT2D eigenvalue weighted by atomic mass is 32.2. The summed E-state index contributed by atoms with van der Waals surface area (Å²) < 4.78 is 9.96. The second-order valence-electron chi connectivity index (χ2n) is 6.45. The molecule has 0 aliphatic heterocycles. The predicted molar refractivity (Wildman–Crippen MR) is 206 cm³/mol. The quantitative estimate of drug-likeness (QED) is 0.0153. The maximum atomic E-state index is 11.7. The van der Waals surface area contributed by atoms with Crippen LogP contribution in [0.15, 0.2) is 9.98 Å². The Labute approximate surface area is 310 Å². The molecule has 0 aromatic rings. The number of aliphatic hydroxyl groups excluding tert-OH is 2. The van der Waals surface area contributed by atoms with Crippen molar-refractivity contribution in [3.8, 4) is 0 Å².